The van der Waals surface area contributed by atoms with Crippen molar-refractivity contribution in [3.05, 3.63) is 45.5 Å². The van der Waals surface area contributed by atoms with Gasteiger partial charge >= 0.3 is 0 Å². The predicted octanol–water partition coefficient (Wildman–Crippen LogP) is 3.13. The largest absolute Gasteiger partial charge is 0.357 e. The van der Waals surface area contributed by atoms with Gasteiger partial charge in [-0.15, -0.1) is 0 Å². The topological polar surface area (TPSA) is 69.4 Å². The van der Waals surface area contributed by atoms with Crippen LogP contribution in [-0.4, -0.2) is 21.9 Å². The average Bonchev–Trinajstić information content (AvgIpc) is 2.48. The van der Waals surface area contributed by atoms with Crippen molar-refractivity contribution in [2.45, 2.75) is 38.9 Å². The van der Waals surface area contributed by atoms with Crippen LogP contribution < -0.4 is 0 Å². The Morgan fingerprint density at radius 1 is 1.10 bits per heavy atom. The van der Waals surface area contributed by atoms with Gasteiger partial charge in [-0.1, -0.05) is 0 Å². The molecule has 0 unspecified atom stereocenters. The molecule has 1 aliphatic heterocycles. The SMILES string of the molecule is CC1(C)OC(C)(C)/C(=C\c2ccc([N+](=O)[O-])cc2)C1=O. The van der Waals surface area contributed by atoms with E-state index < -0.39 is 16.1 Å². The van der Waals surface area contributed by atoms with Gasteiger partial charge in [-0.3, -0.25) is 14.9 Å². The molecule has 0 aliphatic carbocycles. The lowest BCUT2D eigenvalue weighted by atomic mass is 9.91. The molecule has 1 heterocycles. The molecule has 1 saturated heterocycles. The maximum atomic E-state index is 12.3. The highest BCUT2D eigenvalue weighted by molar-refractivity contribution is 6.08. The Morgan fingerprint density at radius 3 is 2.05 bits per heavy atom. The summed E-state index contributed by atoms with van der Waals surface area (Å²) in [4.78, 5) is 22.5. The number of Topliss-reactive ketones (excluding diaryl/α,β-unsaturated/α-hetero) is 1. The highest BCUT2D eigenvalue weighted by Gasteiger charge is 2.49. The molecule has 0 N–H and O–H groups in total. The second-order valence-electron chi connectivity index (χ2n) is 5.86. The third-order valence-corrected chi connectivity index (χ3v) is 3.37. The summed E-state index contributed by atoms with van der Waals surface area (Å²) in [5, 5.41) is 10.6. The summed E-state index contributed by atoms with van der Waals surface area (Å²) in [5.41, 5.74) is -0.149. The number of nitrogens with zero attached hydrogens (tertiary/aromatic N) is 1. The average molecular weight is 275 g/mol. The molecule has 1 aliphatic rings. The number of ether oxygens (including phenoxy) is 1. The molecular formula is C15H17NO4. The van der Waals surface area contributed by atoms with Crippen molar-refractivity contribution in [2.24, 2.45) is 0 Å². The molecule has 5 heteroatoms. The zero-order valence-electron chi connectivity index (χ0n) is 12.0. The fraction of sp³-hybridized carbons (Fsp3) is 0.400. The Hall–Kier alpha value is -2.01. The van der Waals surface area contributed by atoms with Crippen LogP contribution in [0.4, 0.5) is 5.69 Å². The van der Waals surface area contributed by atoms with Crippen molar-refractivity contribution in [1.29, 1.82) is 0 Å². The van der Waals surface area contributed by atoms with Crippen LogP contribution in [-0.2, 0) is 9.53 Å². The number of hydrogen-bond acceptors (Lipinski definition) is 4. The van der Waals surface area contributed by atoms with Gasteiger partial charge < -0.3 is 4.74 Å². The number of hydrogen-bond donors (Lipinski definition) is 0. The summed E-state index contributed by atoms with van der Waals surface area (Å²) in [6.45, 7) is 7.18. The predicted molar refractivity (Wildman–Crippen MR) is 75.3 cm³/mol. The van der Waals surface area contributed by atoms with Crippen molar-refractivity contribution in [3.8, 4) is 0 Å². The van der Waals surface area contributed by atoms with Gasteiger partial charge in [-0.2, -0.15) is 0 Å². The number of rotatable bonds is 2. The summed E-state index contributed by atoms with van der Waals surface area (Å²) in [6.07, 6.45) is 1.74. The Morgan fingerprint density at radius 2 is 1.65 bits per heavy atom. The van der Waals surface area contributed by atoms with Crippen molar-refractivity contribution >= 4 is 17.5 Å². The van der Waals surface area contributed by atoms with Gasteiger partial charge in [0.05, 0.1) is 10.5 Å². The highest BCUT2D eigenvalue weighted by atomic mass is 16.6. The van der Waals surface area contributed by atoms with E-state index >= 15 is 0 Å². The van der Waals surface area contributed by atoms with Gasteiger partial charge in [0.1, 0.15) is 5.60 Å². The molecule has 0 bridgehead atoms. The van der Waals surface area contributed by atoms with Crippen LogP contribution >= 0.6 is 0 Å². The first-order valence-corrected chi connectivity index (χ1v) is 6.35. The molecule has 5 nitrogen and oxygen atoms in total. The van der Waals surface area contributed by atoms with Crippen molar-refractivity contribution < 1.29 is 14.5 Å². The van der Waals surface area contributed by atoms with Gasteiger partial charge in [0.2, 0.25) is 0 Å². The van der Waals surface area contributed by atoms with Crippen LogP contribution in [0.15, 0.2) is 29.8 Å². The van der Waals surface area contributed by atoms with E-state index in [0.717, 1.165) is 5.56 Å². The van der Waals surface area contributed by atoms with Gasteiger partial charge in [0.15, 0.2) is 5.78 Å². The van der Waals surface area contributed by atoms with Crippen LogP contribution in [0, 0.1) is 10.1 Å². The maximum Gasteiger partial charge on any atom is 0.269 e. The summed E-state index contributed by atoms with van der Waals surface area (Å²) in [6, 6.07) is 6.09. The zero-order valence-corrected chi connectivity index (χ0v) is 12.0. The van der Waals surface area contributed by atoms with E-state index in [-0.39, 0.29) is 11.5 Å². The number of nitro benzene ring substituents is 1. The number of benzene rings is 1. The fourth-order valence-electron chi connectivity index (χ4n) is 2.44. The van der Waals surface area contributed by atoms with E-state index in [9.17, 15) is 14.9 Å². The van der Waals surface area contributed by atoms with Gasteiger partial charge in [0, 0.05) is 17.7 Å². The smallest absolute Gasteiger partial charge is 0.269 e. The van der Waals surface area contributed by atoms with Crippen LogP contribution in [0.5, 0.6) is 0 Å². The summed E-state index contributed by atoms with van der Waals surface area (Å²) < 4.78 is 5.77. The van der Waals surface area contributed by atoms with E-state index in [2.05, 4.69) is 0 Å². The second-order valence-corrected chi connectivity index (χ2v) is 5.86. The lowest BCUT2D eigenvalue weighted by Gasteiger charge is -2.22. The van der Waals surface area contributed by atoms with E-state index in [1.807, 2.05) is 13.8 Å². The Balaban J connectivity index is 2.39. The summed E-state index contributed by atoms with van der Waals surface area (Å²) in [7, 11) is 0. The number of nitro groups is 1. The molecule has 0 atom stereocenters. The second kappa shape index (κ2) is 4.52. The normalized spacial score (nSPS) is 22.2. The number of carbonyl (C=O) groups excluding carboxylic acids is 1. The van der Waals surface area contributed by atoms with E-state index in [1.165, 1.54) is 12.1 Å². The minimum Gasteiger partial charge on any atom is -0.357 e. The zero-order chi connectivity index (χ0) is 15.1. The van der Waals surface area contributed by atoms with E-state index in [4.69, 9.17) is 4.74 Å². The lowest BCUT2D eigenvalue weighted by Crippen LogP contribution is -2.29. The molecule has 20 heavy (non-hydrogen) atoms. The van der Waals surface area contributed by atoms with E-state index in [1.54, 1.807) is 32.1 Å². The Labute approximate surface area is 117 Å². The molecule has 1 aromatic rings. The van der Waals surface area contributed by atoms with Gasteiger partial charge in [-0.05, 0) is 51.5 Å². The van der Waals surface area contributed by atoms with E-state index in [0.29, 0.717) is 5.57 Å². The summed E-state index contributed by atoms with van der Waals surface area (Å²) >= 11 is 0. The molecule has 0 spiro atoms. The molecule has 1 fully saturated rings. The molecule has 0 amide bonds. The molecule has 0 saturated carbocycles. The minimum atomic E-state index is -0.837. The molecule has 106 valence electrons. The Bertz CT molecular complexity index is 597. The molecule has 0 aromatic heterocycles. The van der Waals surface area contributed by atoms with Crippen LogP contribution in [0.3, 0.4) is 0 Å². The van der Waals surface area contributed by atoms with Crippen LogP contribution in [0.25, 0.3) is 6.08 Å². The first-order chi connectivity index (χ1) is 9.13. The van der Waals surface area contributed by atoms with Crippen molar-refractivity contribution in [2.75, 3.05) is 0 Å². The van der Waals surface area contributed by atoms with Crippen molar-refractivity contribution in [3.63, 3.8) is 0 Å². The molecular weight excluding hydrogens is 258 g/mol. The molecule has 0 radical (unpaired) electrons. The van der Waals surface area contributed by atoms with Gasteiger partial charge in [0.25, 0.3) is 5.69 Å². The summed E-state index contributed by atoms with van der Waals surface area (Å²) in [5.74, 6) is -0.0548. The van der Waals surface area contributed by atoms with Gasteiger partial charge in [-0.25, -0.2) is 0 Å². The quantitative estimate of drug-likeness (QED) is 0.472. The lowest BCUT2D eigenvalue weighted by molar-refractivity contribution is -0.384. The first kappa shape index (κ1) is 14.4. The van der Waals surface area contributed by atoms with Crippen molar-refractivity contribution in [1.82, 2.24) is 0 Å². The maximum absolute atomic E-state index is 12.3. The number of ketones is 1. The number of non-ortho nitro benzene ring substituents is 1. The fourth-order valence-corrected chi connectivity index (χ4v) is 2.44. The third-order valence-electron chi connectivity index (χ3n) is 3.37. The highest BCUT2D eigenvalue weighted by Crippen LogP contribution is 2.39. The van der Waals surface area contributed by atoms with Crippen LogP contribution in [0.1, 0.15) is 33.3 Å². The van der Waals surface area contributed by atoms with Crippen LogP contribution in [0.2, 0.25) is 0 Å². The minimum absolute atomic E-state index is 0.0285. The Kier molecular flexibility index (Phi) is 3.26. The number of carbonyl (C=O) groups is 1. The third kappa shape index (κ3) is 2.49. The first-order valence-electron chi connectivity index (χ1n) is 6.35. The monoisotopic (exact) mass is 275 g/mol. The molecule has 1 aromatic carbocycles. The standard InChI is InChI=1S/C15H17NO4/c1-14(2)12(13(17)15(3,4)20-14)9-10-5-7-11(8-6-10)16(18)19/h5-9H,1-4H3/b12-9-. The molecule has 2 rings (SSSR count).